The fraction of sp³-hybridized carbons (Fsp3) is 0.611. The summed E-state index contributed by atoms with van der Waals surface area (Å²) in [5, 5.41) is 0. The van der Waals surface area contributed by atoms with E-state index in [1.54, 1.807) is 0 Å². The summed E-state index contributed by atoms with van der Waals surface area (Å²) >= 11 is 0. The van der Waals surface area contributed by atoms with Gasteiger partial charge in [0.2, 0.25) is 0 Å². The monoisotopic (exact) mass is 429 g/mol. The van der Waals surface area contributed by atoms with Crippen molar-refractivity contribution in [3.05, 3.63) is 35.4 Å². The summed E-state index contributed by atoms with van der Waals surface area (Å²) in [5.41, 5.74) is 9.01. The Bertz CT molecular complexity index is 551. The molecule has 3 rings (SSSR count). The van der Waals surface area contributed by atoms with Crippen LogP contribution in [-0.4, -0.2) is 43.7 Å². The molecule has 2 aliphatic rings. The number of aryl methyl sites for hydroxylation is 1. The molecule has 1 saturated heterocycles. The number of hydrogen-bond acceptors (Lipinski definition) is 2. The maximum absolute atomic E-state index is 6.20. The SMILES string of the molecule is Cc1ccccc1C1(CN=C(N)N(C)C2CC2)CCOCC1.I. The number of benzene rings is 1. The number of nitrogens with zero attached hydrogens (tertiary/aromatic N) is 2. The van der Waals surface area contributed by atoms with Gasteiger partial charge < -0.3 is 15.4 Å². The van der Waals surface area contributed by atoms with E-state index in [-0.39, 0.29) is 29.4 Å². The van der Waals surface area contributed by atoms with E-state index in [1.807, 2.05) is 0 Å². The van der Waals surface area contributed by atoms with Gasteiger partial charge in [-0.05, 0) is 43.7 Å². The molecule has 0 unspecified atom stereocenters. The second-order valence-electron chi connectivity index (χ2n) is 6.72. The third kappa shape index (κ3) is 4.18. The van der Waals surface area contributed by atoms with Crippen LogP contribution in [0.1, 0.15) is 36.8 Å². The highest BCUT2D eigenvalue weighted by Crippen LogP contribution is 2.37. The molecule has 1 heterocycles. The van der Waals surface area contributed by atoms with Crippen LogP contribution >= 0.6 is 24.0 Å². The van der Waals surface area contributed by atoms with E-state index < -0.39 is 0 Å². The summed E-state index contributed by atoms with van der Waals surface area (Å²) in [5.74, 6) is 0.682. The van der Waals surface area contributed by atoms with Crippen LogP contribution in [-0.2, 0) is 10.2 Å². The van der Waals surface area contributed by atoms with Gasteiger partial charge in [0.25, 0.3) is 0 Å². The normalized spacial score (nSPS) is 20.7. The third-order valence-corrected chi connectivity index (χ3v) is 5.17. The zero-order chi connectivity index (χ0) is 15.6. The molecular formula is C18H28IN3O. The molecule has 1 aromatic rings. The summed E-state index contributed by atoms with van der Waals surface area (Å²) in [6.45, 7) is 4.56. The van der Waals surface area contributed by atoms with E-state index in [1.165, 1.54) is 24.0 Å². The lowest BCUT2D eigenvalue weighted by molar-refractivity contribution is 0.0528. The number of aliphatic imine (C=N–C) groups is 1. The zero-order valence-electron chi connectivity index (χ0n) is 14.1. The fourth-order valence-electron chi connectivity index (χ4n) is 3.44. The lowest BCUT2D eigenvalue weighted by Crippen LogP contribution is -2.40. The van der Waals surface area contributed by atoms with Crippen molar-refractivity contribution < 1.29 is 4.74 Å². The van der Waals surface area contributed by atoms with Crippen LogP contribution < -0.4 is 5.73 Å². The van der Waals surface area contributed by atoms with Gasteiger partial charge in [-0.15, -0.1) is 24.0 Å². The molecule has 0 amide bonds. The molecule has 0 aromatic heterocycles. The number of hydrogen-bond donors (Lipinski definition) is 1. The van der Waals surface area contributed by atoms with Gasteiger partial charge in [-0.25, -0.2) is 0 Å². The molecule has 2 fully saturated rings. The number of rotatable bonds is 4. The first-order valence-electron chi connectivity index (χ1n) is 8.29. The van der Waals surface area contributed by atoms with Gasteiger partial charge in [0.1, 0.15) is 0 Å². The Kier molecular flexibility index (Phi) is 6.31. The van der Waals surface area contributed by atoms with Crippen molar-refractivity contribution in [2.24, 2.45) is 10.7 Å². The molecule has 0 atom stereocenters. The van der Waals surface area contributed by atoms with E-state index in [4.69, 9.17) is 15.5 Å². The zero-order valence-corrected chi connectivity index (χ0v) is 16.5. The van der Waals surface area contributed by atoms with E-state index in [0.29, 0.717) is 12.0 Å². The lowest BCUT2D eigenvalue weighted by Gasteiger charge is -2.38. The molecule has 0 radical (unpaired) electrons. The number of ether oxygens (including phenoxy) is 1. The Hall–Kier alpha value is -0.820. The van der Waals surface area contributed by atoms with Gasteiger partial charge in [0, 0.05) is 31.7 Å². The highest BCUT2D eigenvalue weighted by Gasteiger charge is 2.36. The predicted octanol–water partition coefficient (Wildman–Crippen LogP) is 3.07. The number of nitrogens with two attached hydrogens (primary N) is 1. The van der Waals surface area contributed by atoms with Gasteiger partial charge >= 0.3 is 0 Å². The Labute approximate surface area is 156 Å². The molecular weight excluding hydrogens is 401 g/mol. The smallest absolute Gasteiger partial charge is 0.191 e. The molecule has 0 spiro atoms. The van der Waals surface area contributed by atoms with E-state index in [2.05, 4.69) is 43.1 Å². The summed E-state index contributed by atoms with van der Waals surface area (Å²) in [6, 6.07) is 9.27. The average Bonchev–Trinajstić information content (AvgIpc) is 3.38. The minimum atomic E-state index is 0. The van der Waals surface area contributed by atoms with Crippen molar-refractivity contribution in [2.45, 2.75) is 44.1 Å². The largest absolute Gasteiger partial charge is 0.381 e. The summed E-state index contributed by atoms with van der Waals surface area (Å²) in [7, 11) is 2.06. The fourth-order valence-corrected chi connectivity index (χ4v) is 3.44. The summed E-state index contributed by atoms with van der Waals surface area (Å²) in [6.07, 6.45) is 4.51. The highest BCUT2D eigenvalue weighted by atomic mass is 127. The molecule has 1 aliphatic heterocycles. The van der Waals surface area contributed by atoms with Gasteiger partial charge in [0.05, 0.1) is 6.54 Å². The van der Waals surface area contributed by atoms with Crippen LogP contribution in [0.4, 0.5) is 0 Å². The second kappa shape index (κ2) is 7.83. The van der Waals surface area contributed by atoms with Crippen molar-refractivity contribution in [3.8, 4) is 0 Å². The predicted molar refractivity (Wildman–Crippen MR) is 106 cm³/mol. The molecule has 128 valence electrons. The van der Waals surface area contributed by atoms with Crippen LogP contribution in [0, 0.1) is 6.92 Å². The van der Waals surface area contributed by atoms with Gasteiger partial charge in [-0.3, -0.25) is 4.99 Å². The van der Waals surface area contributed by atoms with Crippen molar-refractivity contribution >= 4 is 29.9 Å². The Morgan fingerprint density at radius 2 is 1.96 bits per heavy atom. The number of guanidine groups is 1. The van der Waals surface area contributed by atoms with Crippen LogP contribution in [0.5, 0.6) is 0 Å². The molecule has 4 nitrogen and oxygen atoms in total. The average molecular weight is 429 g/mol. The Morgan fingerprint density at radius 1 is 1.30 bits per heavy atom. The Morgan fingerprint density at radius 3 is 2.57 bits per heavy atom. The standard InChI is InChI=1S/C18H27N3O.HI/c1-14-5-3-4-6-16(14)18(9-11-22-12-10-18)13-20-17(19)21(2)15-7-8-15;/h3-6,15H,7-13H2,1-2H3,(H2,19,20);1H. The molecule has 0 bridgehead atoms. The van der Waals surface area contributed by atoms with E-state index >= 15 is 0 Å². The minimum absolute atomic E-state index is 0. The minimum Gasteiger partial charge on any atom is -0.381 e. The van der Waals surface area contributed by atoms with Crippen LogP contribution in [0.2, 0.25) is 0 Å². The molecule has 1 aromatic carbocycles. The molecule has 5 heteroatoms. The molecule has 1 saturated carbocycles. The van der Waals surface area contributed by atoms with E-state index in [9.17, 15) is 0 Å². The maximum Gasteiger partial charge on any atom is 0.191 e. The molecule has 2 N–H and O–H groups in total. The van der Waals surface area contributed by atoms with Crippen LogP contribution in [0.3, 0.4) is 0 Å². The van der Waals surface area contributed by atoms with E-state index in [0.717, 1.165) is 32.6 Å². The van der Waals surface area contributed by atoms with Crippen molar-refractivity contribution in [2.75, 3.05) is 26.8 Å². The highest BCUT2D eigenvalue weighted by molar-refractivity contribution is 14.0. The van der Waals surface area contributed by atoms with Crippen LogP contribution in [0.25, 0.3) is 0 Å². The summed E-state index contributed by atoms with van der Waals surface area (Å²) < 4.78 is 5.60. The quantitative estimate of drug-likeness (QED) is 0.455. The summed E-state index contributed by atoms with van der Waals surface area (Å²) in [4.78, 5) is 6.89. The van der Waals surface area contributed by atoms with Crippen molar-refractivity contribution in [1.82, 2.24) is 4.90 Å². The molecule has 1 aliphatic carbocycles. The van der Waals surface area contributed by atoms with Gasteiger partial charge in [-0.1, -0.05) is 24.3 Å². The maximum atomic E-state index is 6.20. The first kappa shape index (κ1) is 18.5. The van der Waals surface area contributed by atoms with Gasteiger partial charge in [0.15, 0.2) is 5.96 Å². The van der Waals surface area contributed by atoms with Crippen molar-refractivity contribution in [3.63, 3.8) is 0 Å². The molecule has 23 heavy (non-hydrogen) atoms. The topological polar surface area (TPSA) is 50.8 Å². The number of halogens is 1. The lowest BCUT2D eigenvalue weighted by atomic mass is 9.72. The first-order valence-corrected chi connectivity index (χ1v) is 8.29. The first-order chi connectivity index (χ1) is 10.6. The third-order valence-electron chi connectivity index (χ3n) is 5.17. The Balaban J connectivity index is 0.00000192. The van der Waals surface area contributed by atoms with Crippen molar-refractivity contribution in [1.29, 1.82) is 0 Å². The van der Waals surface area contributed by atoms with Gasteiger partial charge in [-0.2, -0.15) is 0 Å². The second-order valence-corrected chi connectivity index (χ2v) is 6.72. The van der Waals surface area contributed by atoms with Crippen LogP contribution in [0.15, 0.2) is 29.3 Å².